The van der Waals surface area contributed by atoms with Crippen molar-refractivity contribution in [2.75, 3.05) is 24.8 Å². The Morgan fingerprint density at radius 2 is 1.94 bits per heavy atom. The minimum Gasteiger partial charge on any atom is -0.379 e. The molecular weight excluding hydrogens is 260 g/mol. The number of ether oxygens (including phenoxy) is 1. The highest BCUT2D eigenvalue weighted by Gasteiger charge is 2.16. The van der Waals surface area contributed by atoms with Crippen LogP contribution in [0.4, 0.5) is 0 Å². The van der Waals surface area contributed by atoms with E-state index in [4.69, 9.17) is 16.3 Å². The van der Waals surface area contributed by atoms with E-state index in [1.54, 1.807) is 13.0 Å². The van der Waals surface area contributed by atoms with E-state index >= 15 is 0 Å². The summed E-state index contributed by atoms with van der Waals surface area (Å²) in [6, 6.07) is 5.42. The molecule has 0 aliphatic heterocycles. The summed E-state index contributed by atoms with van der Waals surface area (Å²) >= 11 is 5.44. The molecule has 1 aromatic rings. The van der Waals surface area contributed by atoms with Crippen LogP contribution in [0, 0.1) is 13.8 Å². The Labute approximate surface area is 108 Å². The minimum absolute atomic E-state index is 0.00577. The van der Waals surface area contributed by atoms with Crippen LogP contribution in [0.3, 0.4) is 0 Å². The van der Waals surface area contributed by atoms with Crippen molar-refractivity contribution >= 4 is 21.4 Å². The molecule has 0 fully saturated rings. The predicted octanol–water partition coefficient (Wildman–Crippen LogP) is 2.33. The highest BCUT2D eigenvalue weighted by atomic mass is 35.5. The van der Waals surface area contributed by atoms with E-state index in [-0.39, 0.29) is 12.4 Å². The number of hydrogen-bond donors (Lipinski definition) is 0. The number of benzene rings is 1. The van der Waals surface area contributed by atoms with Crippen molar-refractivity contribution in [1.82, 2.24) is 0 Å². The van der Waals surface area contributed by atoms with E-state index in [0.717, 1.165) is 11.1 Å². The van der Waals surface area contributed by atoms with Crippen LogP contribution >= 0.6 is 11.6 Å². The summed E-state index contributed by atoms with van der Waals surface area (Å²) < 4.78 is 29.2. The van der Waals surface area contributed by atoms with E-state index in [1.165, 1.54) is 0 Å². The number of aryl methyl sites for hydroxylation is 2. The van der Waals surface area contributed by atoms with Gasteiger partial charge in [0.25, 0.3) is 0 Å². The average molecular weight is 277 g/mol. The Balaban J connectivity index is 2.79. The molecule has 5 heteroatoms. The quantitative estimate of drug-likeness (QED) is 0.592. The fourth-order valence-electron chi connectivity index (χ4n) is 1.48. The van der Waals surface area contributed by atoms with Crippen LogP contribution in [-0.4, -0.2) is 33.3 Å². The van der Waals surface area contributed by atoms with Gasteiger partial charge in [-0.15, -0.1) is 11.6 Å². The van der Waals surface area contributed by atoms with Crippen molar-refractivity contribution < 1.29 is 13.2 Å². The van der Waals surface area contributed by atoms with Gasteiger partial charge in [0.15, 0.2) is 9.84 Å². The number of rotatable bonds is 6. The zero-order valence-corrected chi connectivity index (χ0v) is 11.6. The fourth-order valence-corrected chi connectivity index (χ4v) is 3.07. The lowest BCUT2D eigenvalue weighted by Crippen LogP contribution is -2.14. The number of alkyl halides is 1. The van der Waals surface area contributed by atoms with Crippen LogP contribution in [0.1, 0.15) is 11.1 Å². The average Bonchev–Trinajstić information content (AvgIpc) is 2.28. The van der Waals surface area contributed by atoms with Crippen LogP contribution < -0.4 is 0 Å². The van der Waals surface area contributed by atoms with Gasteiger partial charge in [-0.2, -0.15) is 0 Å². The molecule has 0 aliphatic carbocycles. The van der Waals surface area contributed by atoms with E-state index in [2.05, 4.69) is 0 Å². The highest BCUT2D eigenvalue weighted by molar-refractivity contribution is 7.91. The molecule has 3 nitrogen and oxygen atoms in total. The van der Waals surface area contributed by atoms with Gasteiger partial charge in [-0.3, -0.25) is 0 Å². The van der Waals surface area contributed by atoms with Gasteiger partial charge in [0.1, 0.15) is 0 Å². The van der Waals surface area contributed by atoms with Gasteiger partial charge in [-0.1, -0.05) is 12.1 Å². The zero-order valence-electron chi connectivity index (χ0n) is 10.1. The Hall–Kier alpha value is -0.580. The summed E-state index contributed by atoms with van der Waals surface area (Å²) in [5.41, 5.74) is 1.71. The summed E-state index contributed by atoms with van der Waals surface area (Å²) in [7, 11) is -3.26. The molecular formula is C12H17ClO3S. The largest absolute Gasteiger partial charge is 0.379 e. The van der Waals surface area contributed by atoms with Crippen molar-refractivity contribution in [3.63, 3.8) is 0 Å². The van der Waals surface area contributed by atoms with Crippen molar-refractivity contribution in [2.24, 2.45) is 0 Å². The molecule has 0 saturated heterocycles. The maximum absolute atomic E-state index is 12.1. The number of sulfone groups is 1. The first kappa shape index (κ1) is 14.5. The van der Waals surface area contributed by atoms with Crippen molar-refractivity contribution in [3.8, 4) is 0 Å². The summed E-state index contributed by atoms with van der Waals surface area (Å²) in [6.45, 7) is 4.24. The Morgan fingerprint density at radius 3 is 2.59 bits per heavy atom. The molecule has 0 saturated carbocycles. The minimum atomic E-state index is -3.26. The van der Waals surface area contributed by atoms with Gasteiger partial charge in [0.2, 0.25) is 0 Å². The third-order valence-corrected chi connectivity index (χ3v) is 4.36. The van der Waals surface area contributed by atoms with Crippen LogP contribution in [0.5, 0.6) is 0 Å². The first-order chi connectivity index (χ1) is 7.97. The smallest absolute Gasteiger partial charge is 0.180 e. The lowest BCUT2D eigenvalue weighted by atomic mass is 10.2. The van der Waals surface area contributed by atoms with E-state index in [0.29, 0.717) is 17.4 Å². The normalized spacial score (nSPS) is 11.7. The summed E-state index contributed by atoms with van der Waals surface area (Å²) in [6.07, 6.45) is 0. The second kappa shape index (κ2) is 6.38. The molecule has 96 valence electrons. The molecule has 0 spiro atoms. The third kappa shape index (κ3) is 4.30. The van der Waals surface area contributed by atoms with Gasteiger partial charge in [0.05, 0.1) is 23.9 Å². The van der Waals surface area contributed by atoms with Gasteiger partial charge in [-0.25, -0.2) is 8.42 Å². The number of hydrogen-bond acceptors (Lipinski definition) is 3. The van der Waals surface area contributed by atoms with E-state index in [9.17, 15) is 8.42 Å². The highest BCUT2D eigenvalue weighted by Crippen LogP contribution is 2.18. The molecule has 1 rings (SSSR count). The van der Waals surface area contributed by atoms with Gasteiger partial charge < -0.3 is 4.74 Å². The standard InChI is InChI=1S/C12H17ClO3S/c1-10-3-4-11(2)12(9-10)17(14,15)8-7-16-6-5-13/h3-4,9H,5-8H2,1-2H3. The first-order valence-electron chi connectivity index (χ1n) is 5.41. The molecule has 0 bridgehead atoms. The molecule has 0 aliphatic rings. The zero-order chi connectivity index (χ0) is 12.9. The predicted molar refractivity (Wildman–Crippen MR) is 69.5 cm³/mol. The second-order valence-corrected chi connectivity index (χ2v) is 6.34. The molecule has 0 radical (unpaired) electrons. The molecule has 1 aromatic carbocycles. The van der Waals surface area contributed by atoms with E-state index < -0.39 is 9.84 Å². The van der Waals surface area contributed by atoms with Gasteiger partial charge >= 0.3 is 0 Å². The Kier molecular flexibility index (Phi) is 5.43. The maximum Gasteiger partial charge on any atom is 0.180 e. The van der Waals surface area contributed by atoms with Crippen LogP contribution in [0.2, 0.25) is 0 Å². The van der Waals surface area contributed by atoms with Crippen molar-refractivity contribution in [3.05, 3.63) is 29.3 Å². The molecule has 17 heavy (non-hydrogen) atoms. The second-order valence-electron chi connectivity index (χ2n) is 3.89. The fraction of sp³-hybridized carbons (Fsp3) is 0.500. The Bertz CT molecular complexity index is 469. The first-order valence-corrected chi connectivity index (χ1v) is 7.60. The third-order valence-electron chi connectivity index (χ3n) is 2.40. The molecule has 0 unspecified atom stereocenters. The monoisotopic (exact) mass is 276 g/mol. The lowest BCUT2D eigenvalue weighted by molar-refractivity contribution is 0.165. The topological polar surface area (TPSA) is 43.4 Å². The summed E-state index contributed by atoms with van der Waals surface area (Å²) in [5, 5.41) is 0. The number of halogens is 1. The molecule has 0 heterocycles. The molecule has 0 N–H and O–H groups in total. The maximum atomic E-state index is 12.1. The Morgan fingerprint density at radius 1 is 1.24 bits per heavy atom. The molecule has 0 aromatic heterocycles. The van der Waals surface area contributed by atoms with Crippen LogP contribution in [0.25, 0.3) is 0 Å². The van der Waals surface area contributed by atoms with Crippen LogP contribution in [-0.2, 0) is 14.6 Å². The SMILES string of the molecule is Cc1ccc(C)c(S(=O)(=O)CCOCCCl)c1. The van der Waals surface area contributed by atoms with Crippen LogP contribution in [0.15, 0.2) is 23.1 Å². The van der Waals surface area contributed by atoms with Crippen molar-refractivity contribution in [1.29, 1.82) is 0 Å². The summed E-state index contributed by atoms with van der Waals surface area (Å²) in [4.78, 5) is 0.395. The lowest BCUT2D eigenvalue weighted by Gasteiger charge is -2.08. The molecule has 0 atom stereocenters. The van der Waals surface area contributed by atoms with E-state index in [1.807, 2.05) is 19.1 Å². The molecule has 0 amide bonds. The van der Waals surface area contributed by atoms with Gasteiger partial charge in [-0.05, 0) is 31.0 Å². The van der Waals surface area contributed by atoms with Gasteiger partial charge in [0, 0.05) is 5.88 Å². The van der Waals surface area contributed by atoms with Crippen molar-refractivity contribution in [2.45, 2.75) is 18.7 Å². The summed E-state index contributed by atoms with van der Waals surface area (Å²) in [5.74, 6) is 0.373.